The zero-order valence-corrected chi connectivity index (χ0v) is 6.06. The third-order valence-electron chi connectivity index (χ3n) is 0.612. The molecule has 0 aromatic rings. The molecule has 0 bridgehead atoms. The van der Waals surface area contributed by atoms with Crippen molar-refractivity contribution < 1.29 is 27.0 Å². The average Bonchev–Trinajstić information content (AvgIpc) is 1.31. The fourth-order valence-corrected chi connectivity index (χ4v) is 0. The average molecular weight is 165 g/mol. The Balaban J connectivity index is 0. The molecule has 0 saturated heterocycles. The van der Waals surface area contributed by atoms with E-state index in [2.05, 4.69) is 0 Å². The van der Waals surface area contributed by atoms with Gasteiger partial charge < -0.3 is 9.90 Å². The molecule has 0 aromatic carbocycles. The van der Waals surface area contributed by atoms with Crippen molar-refractivity contribution in [3.8, 4) is 0 Å². The zero-order chi connectivity index (χ0) is 6.08. The van der Waals surface area contributed by atoms with Gasteiger partial charge in [0.2, 0.25) is 0 Å². The van der Waals surface area contributed by atoms with Crippen molar-refractivity contribution in [2.24, 2.45) is 5.41 Å². The summed E-state index contributed by atoms with van der Waals surface area (Å²) in [5, 5.41) is 9.91. The number of carbonyl (C=O) groups excluding carboxylic acids is 1. The second kappa shape index (κ2) is 3.10. The molecule has 0 heterocycles. The molecule has 0 spiro atoms. The molecule has 0 rings (SSSR count). The summed E-state index contributed by atoms with van der Waals surface area (Å²) >= 11 is 0. The summed E-state index contributed by atoms with van der Waals surface area (Å²) < 4.78 is 0. The van der Waals surface area contributed by atoms with Gasteiger partial charge in [-0.2, -0.15) is 0 Å². The summed E-state index contributed by atoms with van der Waals surface area (Å²) in [6.45, 7) is 4.80. The van der Waals surface area contributed by atoms with Gasteiger partial charge in [-0.1, -0.05) is 20.8 Å². The largest absolute Gasteiger partial charge is 1.00 e. The van der Waals surface area contributed by atoms with E-state index in [1.165, 1.54) is 0 Å². The SMILES string of the molecule is CC(C)(C)C(=O)[O-].[Cu+]. The summed E-state index contributed by atoms with van der Waals surface area (Å²) in [5.74, 6) is -1.01. The minimum absolute atomic E-state index is 0. The minimum Gasteiger partial charge on any atom is -0.550 e. The number of carboxylic acid groups (broad SMARTS) is 1. The van der Waals surface area contributed by atoms with Gasteiger partial charge in [0.25, 0.3) is 0 Å². The van der Waals surface area contributed by atoms with E-state index < -0.39 is 11.4 Å². The van der Waals surface area contributed by atoms with Crippen LogP contribution in [0.3, 0.4) is 0 Å². The van der Waals surface area contributed by atoms with Crippen LogP contribution in [0.1, 0.15) is 20.8 Å². The Morgan fingerprint density at radius 2 is 1.50 bits per heavy atom. The molecular weight excluding hydrogens is 156 g/mol. The van der Waals surface area contributed by atoms with E-state index in [1.807, 2.05) is 0 Å². The fraction of sp³-hybridized carbons (Fsp3) is 0.800. The molecule has 0 N–H and O–H groups in total. The molecule has 0 aliphatic heterocycles. The van der Waals surface area contributed by atoms with Gasteiger partial charge in [-0.15, -0.1) is 0 Å². The van der Waals surface area contributed by atoms with Crippen LogP contribution in [0.5, 0.6) is 0 Å². The molecule has 0 unspecified atom stereocenters. The van der Waals surface area contributed by atoms with Gasteiger partial charge in [-0.25, -0.2) is 0 Å². The van der Waals surface area contributed by atoms with Gasteiger partial charge in [0.05, 0.1) is 0 Å². The Bertz CT molecular complexity index is 82.9. The molecule has 0 aromatic heterocycles. The maximum absolute atomic E-state index is 9.91. The molecule has 0 saturated carbocycles. The Morgan fingerprint density at radius 3 is 1.50 bits per heavy atom. The van der Waals surface area contributed by atoms with Crippen molar-refractivity contribution in [1.82, 2.24) is 0 Å². The van der Waals surface area contributed by atoms with Gasteiger partial charge in [0, 0.05) is 11.4 Å². The topological polar surface area (TPSA) is 40.1 Å². The van der Waals surface area contributed by atoms with E-state index in [9.17, 15) is 9.90 Å². The third kappa shape index (κ3) is 4.16. The normalized spacial score (nSPS) is 9.88. The number of carbonyl (C=O) groups is 1. The number of rotatable bonds is 0. The third-order valence-corrected chi connectivity index (χ3v) is 0.612. The molecule has 0 atom stereocenters. The smallest absolute Gasteiger partial charge is 0.550 e. The van der Waals surface area contributed by atoms with Crippen LogP contribution in [-0.2, 0) is 21.9 Å². The van der Waals surface area contributed by atoms with E-state index in [0.29, 0.717) is 0 Å². The van der Waals surface area contributed by atoms with E-state index in [1.54, 1.807) is 20.8 Å². The van der Waals surface area contributed by atoms with Gasteiger partial charge >= 0.3 is 17.1 Å². The van der Waals surface area contributed by atoms with Crippen molar-refractivity contribution in [1.29, 1.82) is 0 Å². The van der Waals surface area contributed by atoms with Crippen LogP contribution in [-0.4, -0.2) is 5.97 Å². The molecule has 0 aliphatic rings. The number of hydrogen-bond acceptors (Lipinski definition) is 2. The summed E-state index contributed by atoms with van der Waals surface area (Å²) in [6.07, 6.45) is 0. The molecule has 0 aliphatic carbocycles. The maximum atomic E-state index is 9.91. The summed E-state index contributed by atoms with van der Waals surface area (Å²) in [6, 6.07) is 0. The molecule has 8 heavy (non-hydrogen) atoms. The molecular formula is C5H9CuO2. The molecule has 2 nitrogen and oxygen atoms in total. The number of carboxylic acids is 1. The summed E-state index contributed by atoms with van der Waals surface area (Å²) in [4.78, 5) is 9.91. The van der Waals surface area contributed by atoms with Crippen molar-refractivity contribution in [2.45, 2.75) is 20.8 Å². The van der Waals surface area contributed by atoms with Crippen LogP contribution < -0.4 is 5.11 Å². The van der Waals surface area contributed by atoms with Crippen molar-refractivity contribution >= 4 is 5.97 Å². The van der Waals surface area contributed by atoms with Crippen LogP contribution in [0.25, 0.3) is 0 Å². The van der Waals surface area contributed by atoms with E-state index in [4.69, 9.17) is 0 Å². The summed E-state index contributed by atoms with van der Waals surface area (Å²) in [7, 11) is 0. The molecule has 52 valence electrons. The predicted molar refractivity (Wildman–Crippen MR) is 24.5 cm³/mol. The van der Waals surface area contributed by atoms with E-state index >= 15 is 0 Å². The zero-order valence-electron chi connectivity index (χ0n) is 5.12. The van der Waals surface area contributed by atoms with Gasteiger partial charge in [-0.05, 0) is 0 Å². The molecule has 0 amide bonds. The second-order valence-electron chi connectivity index (χ2n) is 2.54. The first-order valence-electron chi connectivity index (χ1n) is 2.16. The number of aliphatic carboxylic acids is 1. The first-order chi connectivity index (χ1) is 2.94. The second-order valence-corrected chi connectivity index (χ2v) is 2.54. The van der Waals surface area contributed by atoms with Crippen molar-refractivity contribution in [3.63, 3.8) is 0 Å². The minimum atomic E-state index is -1.01. The van der Waals surface area contributed by atoms with Crippen LogP contribution in [0.15, 0.2) is 0 Å². The number of hydrogen-bond donors (Lipinski definition) is 0. The monoisotopic (exact) mass is 164 g/mol. The Labute approximate surface area is 59.8 Å². The van der Waals surface area contributed by atoms with E-state index in [0.717, 1.165) is 0 Å². The first kappa shape index (κ1) is 10.9. The Morgan fingerprint density at radius 1 is 1.38 bits per heavy atom. The predicted octanol–water partition coefficient (Wildman–Crippen LogP) is -0.220. The molecule has 0 fully saturated rings. The Hall–Kier alpha value is -0.0105. The van der Waals surface area contributed by atoms with Crippen molar-refractivity contribution in [2.75, 3.05) is 0 Å². The van der Waals surface area contributed by atoms with Crippen LogP contribution in [0, 0.1) is 5.41 Å². The first-order valence-corrected chi connectivity index (χ1v) is 2.16. The van der Waals surface area contributed by atoms with E-state index in [-0.39, 0.29) is 17.1 Å². The van der Waals surface area contributed by atoms with Crippen molar-refractivity contribution in [3.05, 3.63) is 0 Å². The van der Waals surface area contributed by atoms with Gasteiger partial charge in [0.15, 0.2) is 0 Å². The standard InChI is InChI=1S/C5H10O2.Cu/c1-5(2,3)4(6)7;/h1-3H3,(H,6,7);/q;+1/p-1. The fourth-order valence-electron chi connectivity index (χ4n) is 0. The quantitative estimate of drug-likeness (QED) is 0.465. The van der Waals surface area contributed by atoms with Crippen LogP contribution in [0.2, 0.25) is 0 Å². The van der Waals surface area contributed by atoms with Crippen LogP contribution in [0.4, 0.5) is 0 Å². The molecule has 3 heteroatoms. The van der Waals surface area contributed by atoms with Gasteiger partial charge in [0.1, 0.15) is 0 Å². The van der Waals surface area contributed by atoms with Crippen LogP contribution >= 0.6 is 0 Å². The Kier molecular flexibility index (Phi) is 4.22. The maximum Gasteiger partial charge on any atom is 1.00 e. The summed E-state index contributed by atoms with van der Waals surface area (Å²) in [5.41, 5.74) is -0.694. The molecule has 0 radical (unpaired) electrons. The van der Waals surface area contributed by atoms with Gasteiger partial charge in [-0.3, -0.25) is 0 Å².